The molecule has 8 nitrogen and oxygen atoms in total. The van der Waals surface area contributed by atoms with Crippen molar-refractivity contribution in [3.05, 3.63) is 72.3 Å². The average molecular weight is 389 g/mol. The average Bonchev–Trinajstić information content (AvgIpc) is 3.19. The molecule has 2 aromatic heterocycles. The molecule has 0 aliphatic carbocycles. The van der Waals surface area contributed by atoms with Gasteiger partial charge < -0.3 is 19.8 Å². The van der Waals surface area contributed by atoms with Crippen LogP contribution in [0.2, 0.25) is 0 Å². The van der Waals surface area contributed by atoms with E-state index in [0.29, 0.717) is 36.2 Å². The second kappa shape index (κ2) is 8.49. The molecule has 2 heterocycles. The minimum atomic E-state index is -0.191. The molecule has 4 rings (SSSR count). The standard InChI is InChI=1S/C21H19N5O3/c1-22-12-13-28-20-21(24-11-10-23-20)29-15-8-6-14(7-9-15)18(27)19-25-16-4-2-3-5-17(16)26-19/h2-11,22H,12-13H2,1H3,(H,25,26). The molecule has 0 unspecified atom stereocenters. The molecule has 0 aliphatic heterocycles. The van der Waals surface area contributed by atoms with Gasteiger partial charge in [0.25, 0.3) is 11.8 Å². The fourth-order valence-corrected chi connectivity index (χ4v) is 2.71. The molecule has 0 atom stereocenters. The summed E-state index contributed by atoms with van der Waals surface area (Å²) in [5, 5.41) is 2.99. The molecule has 4 aromatic rings. The van der Waals surface area contributed by atoms with E-state index in [1.807, 2.05) is 31.3 Å². The highest BCUT2D eigenvalue weighted by Crippen LogP contribution is 2.27. The number of likely N-dealkylation sites (N-methyl/N-ethyl adjacent to an activating group) is 1. The largest absolute Gasteiger partial charge is 0.472 e. The van der Waals surface area contributed by atoms with Gasteiger partial charge in [-0.25, -0.2) is 15.0 Å². The Balaban J connectivity index is 1.49. The van der Waals surface area contributed by atoms with Crippen molar-refractivity contribution in [1.29, 1.82) is 0 Å². The Bertz CT molecular complexity index is 1090. The van der Waals surface area contributed by atoms with Gasteiger partial charge in [-0.3, -0.25) is 4.79 Å². The molecule has 8 heteroatoms. The number of aromatic amines is 1. The molecule has 0 saturated heterocycles. The summed E-state index contributed by atoms with van der Waals surface area (Å²) < 4.78 is 11.3. The van der Waals surface area contributed by atoms with Gasteiger partial charge >= 0.3 is 0 Å². The lowest BCUT2D eigenvalue weighted by atomic mass is 10.1. The Morgan fingerprint density at radius 3 is 2.55 bits per heavy atom. The molecule has 0 amide bonds. The first-order valence-corrected chi connectivity index (χ1v) is 9.10. The lowest BCUT2D eigenvalue weighted by molar-refractivity contribution is 0.103. The van der Waals surface area contributed by atoms with E-state index in [4.69, 9.17) is 9.47 Å². The van der Waals surface area contributed by atoms with Crippen LogP contribution in [0.1, 0.15) is 16.2 Å². The first-order chi connectivity index (χ1) is 14.2. The predicted octanol–water partition coefficient (Wildman–Crippen LogP) is 2.97. The summed E-state index contributed by atoms with van der Waals surface area (Å²) in [4.78, 5) is 28.4. The molecule has 0 bridgehead atoms. The summed E-state index contributed by atoms with van der Waals surface area (Å²) in [6.07, 6.45) is 3.07. The fraction of sp³-hybridized carbons (Fsp3) is 0.143. The molecule has 0 fully saturated rings. The Kier molecular flexibility index (Phi) is 5.44. The first-order valence-electron chi connectivity index (χ1n) is 9.10. The summed E-state index contributed by atoms with van der Waals surface area (Å²) in [7, 11) is 1.84. The molecule has 0 saturated carbocycles. The van der Waals surface area contributed by atoms with E-state index in [1.54, 1.807) is 24.3 Å². The molecule has 2 aromatic carbocycles. The maximum absolute atomic E-state index is 12.7. The number of fused-ring (bicyclic) bond motifs is 1. The zero-order valence-electron chi connectivity index (χ0n) is 15.8. The minimum Gasteiger partial charge on any atom is -0.472 e. The Labute approximate surface area is 166 Å². The fourth-order valence-electron chi connectivity index (χ4n) is 2.71. The number of nitrogens with zero attached hydrogens (tertiary/aromatic N) is 3. The van der Waals surface area contributed by atoms with E-state index >= 15 is 0 Å². The van der Waals surface area contributed by atoms with Gasteiger partial charge in [-0.05, 0) is 43.4 Å². The van der Waals surface area contributed by atoms with E-state index in [0.717, 1.165) is 11.0 Å². The number of benzene rings is 2. The van der Waals surface area contributed by atoms with Crippen LogP contribution in [0.3, 0.4) is 0 Å². The maximum Gasteiger partial charge on any atom is 0.283 e. The monoisotopic (exact) mass is 389 g/mol. The normalized spacial score (nSPS) is 10.8. The number of H-pyrrole nitrogens is 1. The van der Waals surface area contributed by atoms with Crippen LogP contribution in [-0.4, -0.2) is 45.9 Å². The Hall–Kier alpha value is -3.78. The summed E-state index contributed by atoms with van der Waals surface area (Å²) in [5.41, 5.74) is 2.08. The van der Waals surface area contributed by atoms with Crippen LogP contribution in [0.15, 0.2) is 60.9 Å². The lowest BCUT2D eigenvalue weighted by Crippen LogP contribution is -2.16. The Morgan fingerprint density at radius 1 is 1.03 bits per heavy atom. The number of para-hydroxylation sites is 2. The van der Waals surface area contributed by atoms with Crippen LogP contribution in [0, 0.1) is 0 Å². The van der Waals surface area contributed by atoms with Crippen LogP contribution in [0.4, 0.5) is 0 Å². The summed E-state index contributed by atoms with van der Waals surface area (Å²) in [6, 6.07) is 14.3. The van der Waals surface area contributed by atoms with Gasteiger partial charge in [0.1, 0.15) is 12.4 Å². The number of imidazole rings is 1. The number of ketones is 1. The third kappa shape index (κ3) is 4.22. The van der Waals surface area contributed by atoms with E-state index in [1.165, 1.54) is 12.4 Å². The van der Waals surface area contributed by atoms with Gasteiger partial charge in [0.2, 0.25) is 5.78 Å². The van der Waals surface area contributed by atoms with Crippen molar-refractivity contribution in [2.75, 3.05) is 20.2 Å². The molecular weight excluding hydrogens is 370 g/mol. The second-order valence-corrected chi connectivity index (χ2v) is 6.18. The van der Waals surface area contributed by atoms with E-state index in [-0.39, 0.29) is 11.7 Å². The van der Waals surface area contributed by atoms with Crippen molar-refractivity contribution < 1.29 is 14.3 Å². The van der Waals surface area contributed by atoms with Crippen LogP contribution >= 0.6 is 0 Å². The van der Waals surface area contributed by atoms with Gasteiger partial charge in [-0.15, -0.1) is 0 Å². The molecule has 146 valence electrons. The van der Waals surface area contributed by atoms with Crippen LogP contribution in [0.25, 0.3) is 11.0 Å². The van der Waals surface area contributed by atoms with E-state index in [9.17, 15) is 4.79 Å². The number of rotatable bonds is 8. The van der Waals surface area contributed by atoms with Gasteiger partial charge in [0.15, 0.2) is 5.82 Å². The lowest BCUT2D eigenvalue weighted by Gasteiger charge is -2.10. The number of carbonyl (C=O) groups is 1. The molecule has 0 aliphatic rings. The van der Waals surface area contributed by atoms with Crippen molar-refractivity contribution in [3.8, 4) is 17.5 Å². The molecule has 2 N–H and O–H groups in total. The zero-order valence-corrected chi connectivity index (χ0v) is 15.8. The third-order valence-electron chi connectivity index (χ3n) is 4.16. The highest BCUT2D eigenvalue weighted by atomic mass is 16.5. The number of nitrogens with one attached hydrogen (secondary N) is 2. The van der Waals surface area contributed by atoms with Gasteiger partial charge in [0.05, 0.1) is 11.0 Å². The van der Waals surface area contributed by atoms with Crippen molar-refractivity contribution in [2.45, 2.75) is 0 Å². The first kappa shape index (κ1) is 18.6. The number of ether oxygens (including phenoxy) is 2. The summed E-state index contributed by atoms with van der Waals surface area (Å²) in [5.74, 6) is 1.20. The smallest absolute Gasteiger partial charge is 0.283 e. The quantitative estimate of drug-likeness (QED) is 0.353. The molecule has 0 spiro atoms. The molecule has 29 heavy (non-hydrogen) atoms. The second-order valence-electron chi connectivity index (χ2n) is 6.18. The van der Waals surface area contributed by atoms with E-state index < -0.39 is 0 Å². The van der Waals surface area contributed by atoms with Gasteiger partial charge in [0, 0.05) is 24.5 Å². The molecular formula is C21H19N5O3. The topological polar surface area (TPSA) is 102 Å². The third-order valence-corrected chi connectivity index (χ3v) is 4.16. The van der Waals surface area contributed by atoms with Crippen molar-refractivity contribution in [1.82, 2.24) is 25.3 Å². The highest BCUT2D eigenvalue weighted by Gasteiger charge is 2.15. The van der Waals surface area contributed by atoms with Crippen LogP contribution in [0.5, 0.6) is 17.5 Å². The van der Waals surface area contributed by atoms with Gasteiger partial charge in [-0.1, -0.05) is 12.1 Å². The van der Waals surface area contributed by atoms with E-state index in [2.05, 4.69) is 25.3 Å². The summed E-state index contributed by atoms with van der Waals surface area (Å²) >= 11 is 0. The van der Waals surface area contributed by atoms with Gasteiger partial charge in [-0.2, -0.15) is 0 Å². The van der Waals surface area contributed by atoms with Crippen LogP contribution in [-0.2, 0) is 0 Å². The zero-order chi connectivity index (χ0) is 20.1. The Morgan fingerprint density at radius 2 is 1.79 bits per heavy atom. The number of aromatic nitrogens is 4. The SMILES string of the molecule is CNCCOc1nccnc1Oc1ccc(C(=O)c2nc3ccccc3[nH]2)cc1. The maximum atomic E-state index is 12.7. The van der Waals surface area contributed by atoms with Crippen LogP contribution < -0.4 is 14.8 Å². The minimum absolute atomic E-state index is 0.191. The van der Waals surface area contributed by atoms with Crippen molar-refractivity contribution >= 4 is 16.8 Å². The van der Waals surface area contributed by atoms with Crippen molar-refractivity contribution in [2.24, 2.45) is 0 Å². The predicted molar refractivity (Wildman–Crippen MR) is 107 cm³/mol. The number of hydrogen-bond donors (Lipinski definition) is 2. The number of hydrogen-bond acceptors (Lipinski definition) is 7. The van der Waals surface area contributed by atoms with Crippen molar-refractivity contribution in [3.63, 3.8) is 0 Å². The summed E-state index contributed by atoms with van der Waals surface area (Å²) in [6.45, 7) is 1.12. The number of carbonyl (C=O) groups excluding carboxylic acids is 1. The highest BCUT2D eigenvalue weighted by molar-refractivity contribution is 6.08. The molecule has 0 radical (unpaired) electrons.